The number of rotatable bonds is 1. The van der Waals surface area contributed by atoms with Crippen molar-refractivity contribution in [1.82, 2.24) is 4.48 Å². The Morgan fingerprint density at radius 1 is 1.09 bits per heavy atom. The summed E-state index contributed by atoms with van der Waals surface area (Å²) in [6.07, 6.45) is 6.12. The Morgan fingerprint density at radius 2 is 1.91 bits per heavy atom. The van der Waals surface area contributed by atoms with Crippen molar-refractivity contribution in [3.05, 3.63) is 65.6 Å². The van der Waals surface area contributed by atoms with E-state index in [0.29, 0.717) is 22.8 Å². The highest BCUT2D eigenvalue weighted by atomic mass is 19.2. The third-order valence-electron chi connectivity index (χ3n) is 4.11. The van der Waals surface area contributed by atoms with Gasteiger partial charge in [-0.15, -0.1) is 0 Å². The maximum absolute atomic E-state index is 14.6. The Balaban J connectivity index is 2.04. The number of fused-ring (bicyclic) bond motifs is 2. The van der Waals surface area contributed by atoms with Gasteiger partial charge in [-0.1, -0.05) is 6.07 Å². The van der Waals surface area contributed by atoms with Crippen LogP contribution in [-0.4, -0.2) is 22.1 Å². The van der Waals surface area contributed by atoms with Crippen LogP contribution in [0.2, 0.25) is 0 Å². The number of nitrogens with zero attached hydrogens (tertiary/aromatic N) is 2. The van der Waals surface area contributed by atoms with Gasteiger partial charge < -0.3 is 29.1 Å². The first-order chi connectivity index (χ1) is 10.5. The lowest BCUT2D eigenvalue weighted by Crippen LogP contribution is -2.49. The summed E-state index contributed by atoms with van der Waals surface area (Å²) in [4.78, 5) is 0. The minimum Gasteiger partial charge on any atom is -0.397 e. The van der Waals surface area contributed by atoms with Crippen LogP contribution in [0.5, 0.6) is 0 Å². The molecule has 3 heterocycles. The van der Waals surface area contributed by atoms with Gasteiger partial charge in [0.05, 0.1) is 16.9 Å². The van der Waals surface area contributed by atoms with Gasteiger partial charge >= 0.3 is 6.97 Å². The highest BCUT2D eigenvalue weighted by Crippen LogP contribution is 2.39. The van der Waals surface area contributed by atoms with E-state index < -0.39 is 6.97 Å². The molecular formula is C15H13BF2N4. The molecule has 2 aliphatic heterocycles. The fourth-order valence-electron chi connectivity index (χ4n) is 3.04. The molecule has 4 nitrogen and oxygen atoms in total. The molecule has 1 aromatic heterocycles. The first-order valence-electron chi connectivity index (χ1n) is 6.89. The second kappa shape index (κ2) is 4.10. The number of nitrogens with two attached hydrogens (primary N) is 2. The van der Waals surface area contributed by atoms with Gasteiger partial charge in [0.2, 0.25) is 0 Å². The monoisotopic (exact) mass is 298 g/mol. The highest BCUT2D eigenvalue weighted by Gasteiger charge is 2.51. The number of nitrogen functional groups attached to an aromatic ring is 2. The van der Waals surface area contributed by atoms with E-state index >= 15 is 0 Å². The van der Waals surface area contributed by atoms with Crippen LogP contribution in [0.25, 0.3) is 5.57 Å². The summed E-state index contributed by atoms with van der Waals surface area (Å²) in [6, 6.07) is 8.52. The van der Waals surface area contributed by atoms with Gasteiger partial charge in [0, 0.05) is 17.8 Å². The zero-order chi connectivity index (χ0) is 15.5. The first-order valence-corrected chi connectivity index (χ1v) is 6.89. The van der Waals surface area contributed by atoms with E-state index in [-0.39, 0.29) is 0 Å². The van der Waals surface area contributed by atoms with Crippen LogP contribution in [0.4, 0.5) is 20.0 Å². The summed E-state index contributed by atoms with van der Waals surface area (Å²) in [5.41, 5.74) is 15.0. The van der Waals surface area contributed by atoms with Crippen molar-refractivity contribution >= 4 is 30.1 Å². The molecule has 1 aromatic carbocycles. The number of anilines is 2. The standard InChI is InChI=1S/C15H13BF2N4/c17-16(18)21-7-1-3-13(21)15(14-4-2-8-22(14)16)10-5-6-11(19)12(20)9-10/h1-9H,19-20H2. The normalized spacial score (nSPS) is 18.2. The van der Waals surface area contributed by atoms with Crippen LogP contribution in [0, 0.1) is 0 Å². The van der Waals surface area contributed by atoms with Crippen LogP contribution in [0.3, 0.4) is 0 Å². The number of hydrogen-bond donors (Lipinski definition) is 2. The molecular weight excluding hydrogens is 285 g/mol. The second-order valence-electron chi connectivity index (χ2n) is 5.41. The van der Waals surface area contributed by atoms with Crippen molar-refractivity contribution in [2.75, 3.05) is 11.5 Å². The topological polar surface area (TPSA) is 60.0 Å². The summed E-state index contributed by atoms with van der Waals surface area (Å²) in [6.45, 7) is -3.87. The molecule has 0 fully saturated rings. The molecule has 2 aromatic rings. The molecule has 0 spiro atoms. The lowest BCUT2D eigenvalue weighted by molar-refractivity contribution is -0.356. The zero-order valence-corrected chi connectivity index (χ0v) is 11.6. The van der Waals surface area contributed by atoms with E-state index in [0.717, 1.165) is 20.1 Å². The molecule has 4 rings (SSSR count). The molecule has 0 radical (unpaired) electrons. The smallest absolute Gasteiger partial charge is 0.397 e. The molecule has 0 saturated heterocycles. The van der Waals surface area contributed by atoms with Gasteiger partial charge in [0.25, 0.3) is 0 Å². The van der Waals surface area contributed by atoms with Crippen LogP contribution in [0.15, 0.2) is 54.4 Å². The largest absolute Gasteiger partial charge is 0.737 e. The predicted octanol–water partition coefficient (Wildman–Crippen LogP) is 2.30. The summed E-state index contributed by atoms with van der Waals surface area (Å²) < 4.78 is 31.3. The summed E-state index contributed by atoms with van der Waals surface area (Å²) in [7, 11) is 0. The minimum absolute atomic E-state index is 0.434. The fourth-order valence-corrected chi connectivity index (χ4v) is 3.04. The summed E-state index contributed by atoms with van der Waals surface area (Å²) in [5.74, 6) is 0. The molecule has 2 aliphatic rings. The molecule has 0 saturated carbocycles. The van der Waals surface area contributed by atoms with Gasteiger partial charge in [0.1, 0.15) is 6.21 Å². The number of aromatic nitrogens is 1. The zero-order valence-electron chi connectivity index (χ0n) is 11.6. The van der Waals surface area contributed by atoms with Crippen molar-refractivity contribution < 1.29 is 13.1 Å². The van der Waals surface area contributed by atoms with E-state index in [1.807, 2.05) is 0 Å². The molecule has 0 aliphatic carbocycles. The van der Waals surface area contributed by atoms with Crippen molar-refractivity contribution in [1.29, 1.82) is 0 Å². The van der Waals surface area contributed by atoms with Gasteiger partial charge in [-0.3, -0.25) is 0 Å². The van der Waals surface area contributed by atoms with Gasteiger partial charge in [-0.2, -0.15) is 0 Å². The van der Waals surface area contributed by atoms with Crippen molar-refractivity contribution in [3.63, 3.8) is 0 Å². The SMILES string of the molecule is Nc1ccc(C2=C3C=CC=[N+]3[B-](F)(F)n3cccc32)cc1N. The molecule has 0 atom stereocenters. The molecule has 0 unspecified atom stereocenters. The van der Waals surface area contributed by atoms with Gasteiger partial charge in [-0.25, -0.2) is 0 Å². The summed E-state index contributed by atoms with van der Waals surface area (Å²) in [5, 5.41) is 0. The van der Waals surface area contributed by atoms with E-state index in [1.165, 1.54) is 12.4 Å². The van der Waals surface area contributed by atoms with Crippen LogP contribution >= 0.6 is 0 Å². The van der Waals surface area contributed by atoms with Crippen molar-refractivity contribution in [3.8, 4) is 0 Å². The van der Waals surface area contributed by atoms with Crippen molar-refractivity contribution in [2.24, 2.45) is 0 Å². The average molecular weight is 298 g/mol. The first kappa shape index (κ1) is 12.9. The van der Waals surface area contributed by atoms with Crippen LogP contribution < -0.4 is 11.5 Å². The number of hydrogen-bond acceptors (Lipinski definition) is 2. The number of halogens is 2. The second-order valence-corrected chi connectivity index (χ2v) is 5.41. The molecule has 0 amide bonds. The van der Waals surface area contributed by atoms with Crippen molar-refractivity contribution in [2.45, 2.75) is 0 Å². The van der Waals surface area contributed by atoms with E-state index in [9.17, 15) is 8.63 Å². The van der Waals surface area contributed by atoms with E-state index in [1.54, 1.807) is 42.5 Å². The summed E-state index contributed by atoms with van der Waals surface area (Å²) >= 11 is 0. The molecule has 7 heteroatoms. The van der Waals surface area contributed by atoms with E-state index in [4.69, 9.17) is 11.5 Å². The van der Waals surface area contributed by atoms with E-state index in [2.05, 4.69) is 0 Å². The average Bonchev–Trinajstić information content (AvgIpc) is 3.12. The molecule has 0 bridgehead atoms. The fraction of sp³-hybridized carbons (Fsp3) is 0. The molecule has 4 N–H and O–H groups in total. The van der Waals surface area contributed by atoms with Crippen LogP contribution in [-0.2, 0) is 0 Å². The van der Waals surface area contributed by atoms with Gasteiger partial charge in [-0.05, 0) is 36.0 Å². The maximum Gasteiger partial charge on any atom is 0.737 e. The van der Waals surface area contributed by atoms with Crippen LogP contribution in [0.1, 0.15) is 11.3 Å². The third kappa shape index (κ3) is 1.53. The Labute approximate surface area is 125 Å². The Hall–Kier alpha value is -2.83. The predicted molar refractivity (Wildman–Crippen MR) is 84.6 cm³/mol. The maximum atomic E-state index is 14.6. The number of benzene rings is 1. The lowest BCUT2D eigenvalue weighted by Gasteiger charge is -2.31. The quantitative estimate of drug-likeness (QED) is 0.627. The Morgan fingerprint density at radius 3 is 2.68 bits per heavy atom. The molecule has 22 heavy (non-hydrogen) atoms. The Kier molecular flexibility index (Phi) is 2.40. The highest BCUT2D eigenvalue weighted by molar-refractivity contribution is 6.57. The van der Waals surface area contributed by atoms with Gasteiger partial charge in [0.15, 0.2) is 5.70 Å². The number of allylic oxidation sites excluding steroid dienone is 2. The minimum atomic E-state index is -3.87. The molecule has 110 valence electrons. The third-order valence-corrected chi connectivity index (χ3v) is 4.11. The lowest BCUT2D eigenvalue weighted by atomic mass is 9.86. The Bertz CT molecular complexity index is 893.